The number of benzene rings is 3. The van der Waals surface area contributed by atoms with Crippen LogP contribution in [0.25, 0.3) is 11.1 Å². The highest BCUT2D eigenvalue weighted by Crippen LogP contribution is 2.33. The molecule has 4 rings (SSSR count). The number of hydrogen-bond donors (Lipinski definition) is 3. The minimum Gasteiger partial charge on any atom is -0.490 e. The van der Waals surface area contributed by atoms with Gasteiger partial charge in [0.05, 0.1) is 12.2 Å². The van der Waals surface area contributed by atoms with E-state index in [0.29, 0.717) is 12.3 Å². The molecule has 1 saturated carbocycles. The maximum atomic E-state index is 11.5. The van der Waals surface area contributed by atoms with Gasteiger partial charge in [0.2, 0.25) is 0 Å². The summed E-state index contributed by atoms with van der Waals surface area (Å²) in [6.45, 7) is 2.61. The molecule has 32 heavy (non-hydrogen) atoms. The predicted molar refractivity (Wildman–Crippen MR) is 125 cm³/mol. The Kier molecular flexibility index (Phi) is 6.88. The van der Waals surface area contributed by atoms with Crippen molar-refractivity contribution in [1.29, 1.82) is 0 Å². The molecule has 3 N–H and O–H groups in total. The molecular weight excluding hydrogens is 402 g/mol. The molecule has 3 aromatic carbocycles. The van der Waals surface area contributed by atoms with E-state index < -0.39 is 12.1 Å². The molecule has 0 radical (unpaired) electrons. The lowest BCUT2D eigenvalue weighted by Crippen LogP contribution is -2.32. The summed E-state index contributed by atoms with van der Waals surface area (Å²) in [5, 5.41) is 23.1. The van der Waals surface area contributed by atoms with Gasteiger partial charge in [0, 0.05) is 12.6 Å². The van der Waals surface area contributed by atoms with Crippen LogP contribution in [0.3, 0.4) is 0 Å². The van der Waals surface area contributed by atoms with E-state index in [-0.39, 0.29) is 17.7 Å². The number of carboxylic acids is 1. The summed E-state index contributed by atoms with van der Waals surface area (Å²) >= 11 is 0. The lowest BCUT2D eigenvalue weighted by Gasteiger charge is -2.18. The first-order valence-corrected chi connectivity index (χ1v) is 11.1. The molecule has 1 aliphatic carbocycles. The Balaban J connectivity index is 1.37. The quantitative estimate of drug-likeness (QED) is 0.428. The van der Waals surface area contributed by atoms with E-state index in [1.54, 1.807) is 6.07 Å². The molecule has 0 amide bonds. The Morgan fingerprint density at radius 2 is 1.72 bits per heavy atom. The van der Waals surface area contributed by atoms with Crippen LogP contribution in [-0.4, -0.2) is 34.9 Å². The van der Waals surface area contributed by atoms with E-state index in [9.17, 15) is 15.0 Å². The third-order valence-corrected chi connectivity index (χ3v) is 5.70. The zero-order valence-corrected chi connectivity index (χ0v) is 18.2. The zero-order chi connectivity index (χ0) is 22.5. The summed E-state index contributed by atoms with van der Waals surface area (Å²) in [5.41, 5.74) is 4.27. The van der Waals surface area contributed by atoms with Crippen LogP contribution in [-0.2, 0) is 6.42 Å². The highest BCUT2D eigenvalue weighted by atomic mass is 16.5. The Morgan fingerprint density at radius 3 is 2.38 bits per heavy atom. The fourth-order valence-corrected chi connectivity index (χ4v) is 3.71. The SMILES string of the molecule is C[C@H](Cc1ccc(-c2ccc(C(=O)O)c(OC3CC3)c2)cc1)NC[C@H](O)c1ccccc1. The summed E-state index contributed by atoms with van der Waals surface area (Å²) in [5.74, 6) is -0.530. The van der Waals surface area contributed by atoms with Crippen LogP contribution >= 0.6 is 0 Å². The first-order chi connectivity index (χ1) is 15.5. The van der Waals surface area contributed by atoms with Gasteiger partial charge in [0.15, 0.2) is 0 Å². The number of rotatable bonds is 10. The second-order valence-corrected chi connectivity index (χ2v) is 8.47. The molecule has 1 fully saturated rings. The highest BCUT2D eigenvalue weighted by Gasteiger charge is 2.26. The van der Waals surface area contributed by atoms with Crippen molar-refractivity contribution in [3.63, 3.8) is 0 Å². The highest BCUT2D eigenvalue weighted by molar-refractivity contribution is 5.92. The maximum Gasteiger partial charge on any atom is 0.339 e. The molecule has 0 bridgehead atoms. The molecule has 3 aromatic rings. The largest absolute Gasteiger partial charge is 0.490 e. The summed E-state index contributed by atoms with van der Waals surface area (Å²) in [7, 11) is 0. The zero-order valence-electron chi connectivity index (χ0n) is 18.2. The molecule has 5 heteroatoms. The minimum absolute atomic E-state index is 0.139. The second kappa shape index (κ2) is 9.98. The monoisotopic (exact) mass is 431 g/mol. The predicted octanol–water partition coefficient (Wildman–Crippen LogP) is 4.85. The average molecular weight is 432 g/mol. The van der Waals surface area contributed by atoms with Crippen LogP contribution in [0.1, 0.15) is 47.4 Å². The molecule has 2 atom stereocenters. The number of nitrogens with one attached hydrogen (secondary N) is 1. The number of ether oxygens (including phenoxy) is 1. The van der Waals surface area contributed by atoms with Crippen molar-refractivity contribution in [3.05, 3.63) is 89.5 Å². The second-order valence-electron chi connectivity index (χ2n) is 8.47. The molecule has 1 aliphatic rings. The molecule has 0 unspecified atom stereocenters. The van der Waals surface area contributed by atoms with Crippen molar-refractivity contribution in [2.75, 3.05) is 6.54 Å². The van der Waals surface area contributed by atoms with E-state index in [1.807, 2.05) is 42.5 Å². The van der Waals surface area contributed by atoms with E-state index in [1.165, 1.54) is 5.56 Å². The smallest absolute Gasteiger partial charge is 0.339 e. The molecule has 166 valence electrons. The molecular formula is C27H29NO4. The van der Waals surface area contributed by atoms with Crippen molar-refractivity contribution in [3.8, 4) is 16.9 Å². The Labute approximate surface area is 188 Å². The number of aliphatic hydroxyl groups is 1. The Hall–Kier alpha value is -3.15. The van der Waals surface area contributed by atoms with Gasteiger partial charge < -0.3 is 20.3 Å². The fourth-order valence-electron chi connectivity index (χ4n) is 3.71. The van der Waals surface area contributed by atoms with E-state index in [4.69, 9.17) is 4.74 Å². The maximum absolute atomic E-state index is 11.5. The van der Waals surface area contributed by atoms with Gasteiger partial charge in [-0.05, 0) is 60.6 Å². The topological polar surface area (TPSA) is 78.8 Å². The summed E-state index contributed by atoms with van der Waals surface area (Å²) in [6.07, 6.45) is 2.41. The van der Waals surface area contributed by atoms with Gasteiger partial charge in [-0.3, -0.25) is 0 Å². The molecule has 0 aromatic heterocycles. The molecule has 0 spiro atoms. The Bertz CT molecular complexity index is 1050. The van der Waals surface area contributed by atoms with E-state index in [2.05, 4.69) is 36.5 Å². The van der Waals surface area contributed by atoms with Crippen LogP contribution in [0, 0.1) is 0 Å². The van der Waals surface area contributed by atoms with Gasteiger partial charge >= 0.3 is 5.97 Å². The normalized spacial score (nSPS) is 15.2. The van der Waals surface area contributed by atoms with Crippen LogP contribution in [0.2, 0.25) is 0 Å². The number of carbonyl (C=O) groups is 1. The van der Waals surface area contributed by atoms with Crippen molar-refractivity contribution < 1.29 is 19.7 Å². The third-order valence-electron chi connectivity index (χ3n) is 5.70. The Morgan fingerprint density at radius 1 is 1.03 bits per heavy atom. The van der Waals surface area contributed by atoms with Gasteiger partial charge in [-0.1, -0.05) is 60.7 Å². The van der Waals surface area contributed by atoms with Crippen LogP contribution in [0.4, 0.5) is 0 Å². The van der Waals surface area contributed by atoms with Gasteiger partial charge in [-0.2, -0.15) is 0 Å². The van der Waals surface area contributed by atoms with Gasteiger partial charge in [0.1, 0.15) is 11.3 Å². The lowest BCUT2D eigenvalue weighted by molar-refractivity contribution is 0.0692. The average Bonchev–Trinajstić information content (AvgIpc) is 3.62. The van der Waals surface area contributed by atoms with Crippen molar-refractivity contribution in [2.45, 2.75) is 44.4 Å². The minimum atomic E-state index is -0.971. The van der Waals surface area contributed by atoms with Gasteiger partial charge in [-0.15, -0.1) is 0 Å². The lowest BCUT2D eigenvalue weighted by atomic mass is 9.99. The fraction of sp³-hybridized carbons (Fsp3) is 0.296. The molecule has 0 aliphatic heterocycles. The standard InChI is InChI=1S/C27H29NO4/c1-18(28-17-25(29)21-5-3-2-4-6-21)15-19-7-9-20(10-8-19)22-11-14-24(27(30)31)26(16-22)32-23-12-13-23/h2-11,14,16,18,23,25,28-29H,12-13,15,17H2,1H3,(H,30,31)/t18-,25+/m1/s1. The first kappa shape index (κ1) is 22.1. The van der Waals surface area contributed by atoms with E-state index >= 15 is 0 Å². The van der Waals surface area contributed by atoms with E-state index in [0.717, 1.165) is 36.0 Å². The van der Waals surface area contributed by atoms with Crippen LogP contribution in [0.5, 0.6) is 5.75 Å². The number of aromatic carboxylic acids is 1. The van der Waals surface area contributed by atoms with Gasteiger partial charge in [0.25, 0.3) is 0 Å². The number of hydrogen-bond acceptors (Lipinski definition) is 4. The van der Waals surface area contributed by atoms with Crippen LogP contribution in [0.15, 0.2) is 72.8 Å². The van der Waals surface area contributed by atoms with Crippen molar-refractivity contribution in [2.24, 2.45) is 0 Å². The molecule has 5 nitrogen and oxygen atoms in total. The van der Waals surface area contributed by atoms with Crippen molar-refractivity contribution in [1.82, 2.24) is 5.32 Å². The van der Waals surface area contributed by atoms with Crippen LogP contribution < -0.4 is 10.1 Å². The first-order valence-electron chi connectivity index (χ1n) is 11.1. The number of aliphatic hydroxyl groups excluding tert-OH is 1. The number of carboxylic acid groups (broad SMARTS) is 1. The molecule has 0 saturated heterocycles. The third kappa shape index (κ3) is 5.75. The van der Waals surface area contributed by atoms with Gasteiger partial charge in [-0.25, -0.2) is 4.79 Å². The molecule has 0 heterocycles. The summed E-state index contributed by atoms with van der Waals surface area (Å²) in [4.78, 5) is 11.5. The summed E-state index contributed by atoms with van der Waals surface area (Å²) in [6, 6.07) is 23.4. The summed E-state index contributed by atoms with van der Waals surface area (Å²) < 4.78 is 5.82. The van der Waals surface area contributed by atoms with Crippen molar-refractivity contribution >= 4 is 5.97 Å².